The van der Waals surface area contributed by atoms with Crippen molar-refractivity contribution in [1.29, 1.82) is 0 Å². The number of nitrogens with two attached hydrogens (primary N) is 2. The summed E-state index contributed by atoms with van der Waals surface area (Å²) in [5.74, 6) is 0.187. The number of rotatable bonds is 5. The predicted molar refractivity (Wildman–Crippen MR) is 71.6 cm³/mol. The highest BCUT2D eigenvalue weighted by Gasteiger charge is 2.25. The van der Waals surface area contributed by atoms with E-state index >= 15 is 0 Å². The molecule has 1 aromatic rings. The number of amides is 1. The fraction of sp³-hybridized carbons (Fsp3) is 0.364. The second kappa shape index (κ2) is 5.09. The second-order valence-electron chi connectivity index (χ2n) is 4.37. The SMILES string of the molecule is CC(C)(CNc1ncccc1C(N)=S)C(N)=O. The van der Waals surface area contributed by atoms with Gasteiger partial charge in [0.2, 0.25) is 5.91 Å². The van der Waals surface area contributed by atoms with E-state index in [-0.39, 0.29) is 10.9 Å². The van der Waals surface area contributed by atoms with E-state index in [2.05, 4.69) is 10.3 Å². The molecule has 6 heteroatoms. The quantitative estimate of drug-likeness (QED) is 0.669. The number of aromatic nitrogens is 1. The van der Waals surface area contributed by atoms with E-state index in [1.165, 1.54) is 0 Å². The van der Waals surface area contributed by atoms with Crippen LogP contribution in [0.1, 0.15) is 19.4 Å². The van der Waals surface area contributed by atoms with Crippen molar-refractivity contribution >= 4 is 28.9 Å². The van der Waals surface area contributed by atoms with Crippen LogP contribution in [0.25, 0.3) is 0 Å². The summed E-state index contributed by atoms with van der Waals surface area (Å²) in [7, 11) is 0. The highest BCUT2D eigenvalue weighted by Crippen LogP contribution is 2.17. The summed E-state index contributed by atoms with van der Waals surface area (Å²) in [6, 6.07) is 3.52. The molecule has 0 radical (unpaired) electrons. The van der Waals surface area contributed by atoms with Crippen LogP contribution in [0, 0.1) is 5.41 Å². The van der Waals surface area contributed by atoms with Gasteiger partial charge in [0.15, 0.2) is 0 Å². The van der Waals surface area contributed by atoms with Gasteiger partial charge in [-0.25, -0.2) is 4.98 Å². The Bertz CT molecular complexity index is 445. The van der Waals surface area contributed by atoms with Gasteiger partial charge in [0, 0.05) is 12.7 Å². The Morgan fingerprint density at radius 2 is 2.18 bits per heavy atom. The Morgan fingerprint density at radius 1 is 1.53 bits per heavy atom. The van der Waals surface area contributed by atoms with E-state index in [0.29, 0.717) is 17.9 Å². The highest BCUT2D eigenvalue weighted by molar-refractivity contribution is 7.80. The fourth-order valence-corrected chi connectivity index (χ4v) is 1.30. The van der Waals surface area contributed by atoms with Crippen LogP contribution in [0.5, 0.6) is 0 Å². The molecule has 0 unspecified atom stereocenters. The van der Waals surface area contributed by atoms with Crippen molar-refractivity contribution in [3.8, 4) is 0 Å². The molecule has 0 aromatic carbocycles. The highest BCUT2D eigenvalue weighted by atomic mass is 32.1. The summed E-state index contributed by atoms with van der Waals surface area (Å²) in [5.41, 5.74) is 10.8. The number of pyridine rings is 1. The normalized spacial score (nSPS) is 10.9. The first-order valence-electron chi connectivity index (χ1n) is 5.13. The maximum atomic E-state index is 11.2. The van der Waals surface area contributed by atoms with Gasteiger partial charge < -0.3 is 16.8 Å². The molecule has 0 aliphatic heterocycles. The number of hydrogen-bond acceptors (Lipinski definition) is 4. The largest absolute Gasteiger partial charge is 0.389 e. The molecule has 0 aliphatic carbocycles. The molecule has 0 aliphatic rings. The van der Waals surface area contributed by atoms with E-state index in [1.807, 2.05) is 0 Å². The van der Waals surface area contributed by atoms with Crippen LogP contribution < -0.4 is 16.8 Å². The Hall–Kier alpha value is -1.69. The van der Waals surface area contributed by atoms with Gasteiger partial charge in [-0.05, 0) is 26.0 Å². The van der Waals surface area contributed by atoms with E-state index in [4.69, 9.17) is 23.7 Å². The third-order valence-electron chi connectivity index (χ3n) is 2.44. The molecule has 17 heavy (non-hydrogen) atoms. The van der Waals surface area contributed by atoms with E-state index in [0.717, 1.165) is 0 Å². The minimum atomic E-state index is -0.662. The molecule has 5 N–H and O–H groups in total. The number of nitrogens with zero attached hydrogens (tertiary/aromatic N) is 1. The minimum absolute atomic E-state index is 0.262. The first kappa shape index (κ1) is 13.4. The van der Waals surface area contributed by atoms with Crippen LogP contribution in [-0.2, 0) is 4.79 Å². The van der Waals surface area contributed by atoms with Crippen molar-refractivity contribution < 1.29 is 4.79 Å². The zero-order valence-corrected chi connectivity index (χ0v) is 10.7. The molecule has 92 valence electrons. The number of carbonyl (C=O) groups excluding carboxylic acids is 1. The van der Waals surface area contributed by atoms with Crippen LogP contribution in [0.3, 0.4) is 0 Å². The zero-order chi connectivity index (χ0) is 13.1. The molecule has 0 saturated heterocycles. The van der Waals surface area contributed by atoms with Gasteiger partial charge in [-0.1, -0.05) is 12.2 Å². The lowest BCUT2D eigenvalue weighted by Gasteiger charge is -2.21. The molecule has 0 saturated carbocycles. The van der Waals surface area contributed by atoms with Crippen molar-refractivity contribution in [3.05, 3.63) is 23.9 Å². The second-order valence-corrected chi connectivity index (χ2v) is 4.81. The summed E-state index contributed by atoms with van der Waals surface area (Å²) >= 11 is 4.91. The van der Waals surface area contributed by atoms with Crippen molar-refractivity contribution in [2.75, 3.05) is 11.9 Å². The van der Waals surface area contributed by atoms with Gasteiger partial charge in [-0.15, -0.1) is 0 Å². The molecule has 0 bridgehead atoms. The van der Waals surface area contributed by atoms with Crippen LogP contribution in [-0.4, -0.2) is 22.4 Å². The standard InChI is InChI=1S/C11H16N4OS/c1-11(2,10(13)16)6-15-9-7(8(12)17)4-3-5-14-9/h3-5H,6H2,1-2H3,(H2,12,17)(H2,13,16)(H,14,15). The van der Waals surface area contributed by atoms with Gasteiger partial charge in [-0.3, -0.25) is 4.79 Å². The third kappa shape index (κ3) is 3.39. The molecular formula is C11H16N4OS. The summed E-state index contributed by atoms with van der Waals surface area (Å²) in [4.78, 5) is 15.6. The van der Waals surface area contributed by atoms with Gasteiger partial charge in [0.1, 0.15) is 10.8 Å². The monoisotopic (exact) mass is 252 g/mol. The molecule has 1 heterocycles. The van der Waals surface area contributed by atoms with Gasteiger partial charge >= 0.3 is 0 Å². The number of thiocarbonyl (C=S) groups is 1. The topological polar surface area (TPSA) is 94.0 Å². The molecule has 1 amide bonds. The number of nitrogens with one attached hydrogen (secondary N) is 1. The Balaban J connectivity index is 2.83. The van der Waals surface area contributed by atoms with Crippen LogP contribution in [0.4, 0.5) is 5.82 Å². The van der Waals surface area contributed by atoms with Crippen LogP contribution in [0.15, 0.2) is 18.3 Å². The van der Waals surface area contributed by atoms with E-state index in [1.54, 1.807) is 32.2 Å². The van der Waals surface area contributed by atoms with Crippen LogP contribution >= 0.6 is 12.2 Å². The third-order valence-corrected chi connectivity index (χ3v) is 2.66. The fourth-order valence-electron chi connectivity index (χ4n) is 1.14. The van der Waals surface area contributed by atoms with E-state index in [9.17, 15) is 4.79 Å². The summed E-state index contributed by atoms with van der Waals surface area (Å²) in [5, 5.41) is 3.04. The minimum Gasteiger partial charge on any atom is -0.389 e. The van der Waals surface area contributed by atoms with Gasteiger partial charge in [0.25, 0.3) is 0 Å². The van der Waals surface area contributed by atoms with Crippen LogP contribution in [0.2, 0.25) is 0 Å². The maximum absolute atomic E-state index is 11.2. The molecular weight excluding hydrogens is 236 g/mol. The lowest BCUT2D eigenvalue weighted by Crippen LogP contribution is -2.37. The van der Waals surface area contributed by atoms with Crippen molar-refractivity contribution in [2.24, 2.45) is 16.9 Å². The summed E-state index contributed by atoms with van der Waals surface area (Å²) < 4.78 is 0. The van der Waals surface area contributed by atoms with Crippen molar-refractivity contribution in [2.45, 2.75) is 13.8 Å². The number of hydrogen-bond donors (Lipinski definition) is 3. The molecule has 1 aromatic heterocycles. The lowest BCUT2D eigenvalue weighted by molar-refractivity contribution is -0.125. The first-order chi connectivity index (χ1) is 7.84. The average molecular weight is 252 g/mol. The molecule has 0 atom stereocenters. The molecule has 5 nitrogen and oxygen atoms in total. The summed E-state index contributed by atoms with van der Waals surface area (Å²) in [6.07, 6.45) is 1.63. The first-order valence-corrected chi connectivity index (χ1v) is 5.54. The number of carbonyl (C=O) groups is 1. The molecule has 0 fully saturated rings. The molecule has 0 spiro atoms. The van der Waals surface area contributed by atoms with Crippen molar-refractivity contribution in [3.63, 3.8) is 0 Å². The number of primary amides is 1. The zero-order valence-electron chi connectivity index (χ0n) is 9.86. The van der Waals surface area contributed by atoms with Gasteiger partial charge in [-0.2, -0.15) is 0 Å². The van der Waals surface area contributed by atoms with Gasteiger partial charge in [0.05, 0.1) is 11.0 Å². The Morgan fingerprint density at radius 3 is 2.71 bits per heavy atom. The molecule has 1 rings (SSSR count). The maximum Gasteiger partial charge on any atom is 0.224 e. The number of anilines is 1. The lowest BCUT2D eigenvalue weighted by atomic mass is 9.93. The smallest absolute Gasteiger partial charge is 0.224 e. The average Bonchev–Trinajstić information content (AvgIpc) is 2.26. The Kier molecular flexibility index (Phi) is 4.01. The Labute approximate surface area is 106 Å². The van der Waals surface area contributed by atoms with E-state index < -0.39 is 5.41 Å². The summed E-state index contributed by atoms with van der Waals surface area (Å²) in [6.45, 7) is 3.88. The van der Waals surface area contributed by atoms with Crippen molar-refractivity contribution in [1.82, 2.24) is 4.98 Å². The predicted octanol–water partition coefficient (Wildman–Crippen LogP) is 0.639.